The topological polar surface area (TPSA) is 57.2 Å². The van der Waals surface area contributed by atoms with Crippen LogP contribution >= 0.6 is 11.6 Å². The molecule has 0 aliphatic carbocycles. The number of fused-ring (bicyclic) bond motifs is 1. The van der Waals surface area contributed by atoms with Gasteiger partial charge in [-0.1, -0.05) is 41.9 Å². The van der Waals surface area contributed by atoms with E-state index in [0.717, 1.165) is 23.9 Å². The van der Waals surface area contributed by atoms with Gasteiger partial charge >= 0.3 is 0 Å². The molecule has 0 spiro atoms. The smallest absolute Gasteiger partial charge is 0.240 e. The zero-order valence-electron chi connectivity index (χ0n) is 13.1. The molecular formula is C19H18ClN3O. The summed E-state index contributed by atoms with van der Waals surface area (Å²) in [6.07, 6.45) is 5.67. The van der Waals surface area contributed by atoms with E-state index >= 15 is 0 Å². The number of aromatic nitrogens is 1. The normalized spacial score (nSPS) is 11.2. The van der Waals surface area contributed by atoms with Gasteiger partial charge < -0.3 is 4.98 Å². The number of hydrogen-bond acceptors (Lipinski definition) is 2. The average Bonchev–Trinajstić information content (AvgIpc) is 2.98. The molecule has 5 heteroatoms. The molecule has 0 unspecified atom stereocenters. The van der Waals surface area contributed by atoms with E-state index in [1.807, 2.05) is 30.5 Å². The Kier molecular flexibility index (Phi) is 5.29. The zero-order valence-corrected chi connectivity index (χ0v) is 13.9. The number of amides is 1. The van der Waals surface area contributed by atoms with Crippen molar-refractivity contribution in [1.82, 2.24) is 10.4 Å². The van der Waals surface area contributed by atoms with Gasteiger partial charge in [0.2, 0.25) is 5.91 Å². The van der Waals surface area contributed by atoms with Crippen molar-refractivity contribution in [2.24, 2.45) is 5.10 Å². The average molecular weight is 340 g/mol. The number of para-hydroxylation sites is 1. The van der Waals surface area contributed by atoms with Crippen LogP contribution in [0.3, 0.4) is 0 Å². The summed E-state index contributed by atoms with van der Waals surface area (Å²) in [7, 11) is 0. The van der Waals surface area contributed by atoms with Crippen LogP contribution in [0.5, 0.6) is 0 Å². The van der Waals surface area contributed by atoms with Crippen molar-refractivity contribution in [2.45, 2.75) is 19.3 Å². The number of halogens is 1. The van der Waals surface area contributed by atoms with E-state index in [4.69, 9.17) is 11.6 Å². The Bertz CT molecular complexity index is 870. The molecule has 1 aromatic heterocycles. The highest BCUT2D eigenvalue weighted by molar-refractivity contribution is 6.30. The van der Waals surface area contributed by atoms with Crippen molar-refractivity contribution in [2.75, 3.05) is 0 Å². The van der Waals surface area contributed by atoms with Crippen molar-refractivity contribution in [3.63, 3.8) is 0 Å². The second kappa shape index (κ2) is 7.79. The molecule has 0 saturated carbocycles. The Labute approximate surface area is 145 Å². The van der Waals surface area contributed by atoms with Crippen molar-refractivity contribution < 1.29 is 4.79 Å². The lowest BCUT2D eigenvalue weighted by atomic mass is 10.1. The molecule has 0 bridgehead atoms. The number of rotatable bonds is 6. The number of carbonyl (C=O) groups is 1. The maximum Gasteiger partial charge on any atom is 0.240 e. The summed E-state index contributed by atoms with van der Waals surface area (Å²) in [6.45, 7) is 0. The Morgan fingerprint density at radius 2 is 2.08 bits per heavy atom. The van der Waals surface area contributed by atoms with Gasteiger partial charge in [-0.2, -0.15) is 5.10 Å². The first-order valence-electron chi connectivity index (χ1n) is 7.85. The molecule has 2 N–H and O–H groups in total. The van der Waals surface area contributed by atoms with Crippen LogP contribution in [0.1, 0.15) is 24.0 Å². The minimum Gasteiger partial charge on any atom is -0.361 e. The third-order valence-electron chi connectivity index (χ3n) is 3.78. The van der Waals surface area contributed by atoms with Crippen LogP contribution in [-0.4, -0.2) is 17.1 Å². The molecule has 0 radical (unpaired) electrons. The number of aryl methyl sites for hydroxylation is 1. The first-order chi connectivity index (χ1) is 11.7. The van der Waals surface area contributed by atoms with E-state index in [1.54, 1.807) is 18.3 Å². The fourth-order valence-electron chi connectivity index (χ4n) is 2.60. The SMILES string of the molecule is O=C(CCCc1c[nH]c2ccccc12)N/N=C\c1cccc(Cl)c1. The fraction of sp³-hybridized carbons (Fsp3) is 0.158. The molecule has 0 fully saturated rings. The van der Waals surface area contributed by atoms with Gasteiger partial charge in [-0.05, 0) is 42.2 Å². The Morgan fingerprint density at radius 1 is 1.21 bits per heavy atom. The van der Waals surface area contributed by atoms with Crippen LogP contribution in [0.15, 0.2) is 59.8 Å². The van der Waals surface area contributed by atoms with Crippen LogP contribution in [-0.2, 0) is 11.2 Å². The van der Waals surface area contributed by atoms with Gasteiger partial charge in [0.05, 0.1) is 6.21 Å². The predicted octanol–water partition coefficient (Wildman–Crippen LogP) is 4.29. The van der Waals surface area contributed by atoms with E-state index in [9.17, 15) is 4.79 Å². The summed E-state index contributed by atoms with van der Waals surface area (Å²) < 4.78 is 0. The van der Waals surface area contributed by atoms with Gasteiger partial charge in [0.1, 0.15) is 0 Å². The standard InChI is InChI=1S/C19H18ClN3O/c20-16-7-3-5-14(11-16)12-22-23-19(24)10-4-6-15-13-21-18-9-2-1-8-17(15)18/h1-3,5,7-9,11-13,21H,4,6,10H2,(H,23,24)/b22-12-. The Morgan fingerprint density at radius 3 is 2.96 bits per heavy atom. The fourth-order valence-corrected chi connectivity index (χ4v) is 2.80. The van der Waals surface area contributed by atoms with Gasteiger partial charge in [-0.25, -0.2) is 5.43 Å². The van der Waals surface area contributed by atoms with Crippen molar-refractivity contribution >= 4 is 34.6 Å². The molecule has 122 valence electrons. The third kappa shape index (κ3) is 4.24. The molecule has 0 atom stereocenters. The second-order valence-corrected chi connectivity index (χ2v) is 6.00. The highest BCUT2D eigenvalue weighted by Crippen LogP contribution is 2.19. The van der Waals surface area contributed by atoms with Gasteiger partial charge in [0, 0.05) is 28.5 Å². The summed E-state index contributed by atoms with van der Waals surface area (Å²) in [5.74, 6) is -0.0897. The van der Waals surface area contributed by atoms with E-state index in [1.165, 1.54) is 10.9 Å². The number of H-pyrrole nitrogens is 1. The maximum absolute atomic E-state index is 11.8. The molecule has 1 heterocycles. The molecule has 3 aromatic rings. The molecule has 1 amide bonds. The minimum atomic E-state index is -0.0897. The quantitative estimate of drug-likeness (QED) is 0.510. The number of carbonyl (C=O) groups excluding carboxylic acids is 1. The number of benzene rings is 2. The lowest BCUT2D eigenvalue weighted by Gasteiger charge is -2.00. The van der Waals surface area contributed by atoms with Gasteiger partial charge in [0.15, 0.2) is 0 Å². The van der Waals surface area contributed by atoms with Gasteiger partial charge in [0.25, 0.3) is 0 Å². The van der Waals surface area contributed by atoms with Crippen molar-refractivity contribution in [3.8, 4) is 0 Å². The maximum atomic E-state index is 11.8. The second-order valence-electron chi connectivity index (χ2n) is 5.56. The van der Waals surface area contributed by atoms with E-state index in [-0.39, 0.29) is 5.91 Å². The Balaban J connectivity index is 1.46. The lowest BCUT2D eigenvalue weighted by Crippen LogP contribution is -2.17. The van der Waals surface area contributed by atoms with Crippen LogP contribution < -0.4 is 5.43 Å². The van der Waals surface area contributed by atoms with E-state index in [2.05, 4.69) is 27.6 Å². The zero-order chi connectivity index (χ0) is 16.8. The number of hydrogen-bond donors (Lipinski definition) is 2. The summed E-state index contributed by atoms with van der Waals surface area (Å²) in [6, 6.07) is 15.5. The highest BCUT2D eigenvalue weighted by atomic mass is 35.5. The number of nitrogens with zero attached hydrogens (tertiary/aromatic N) is 1. The number of nitrogens with one attached hydrogen (secondary N) is 2. The summed E-state index contributed by atoms with van der Waals surface area (Å²) in [4.78, 5) is 15.1. The summed E-state index contributed by atoms with van der Waals surface area (Å²) in [5, 5.41) is 5.82. The monoisotopic (exact) mass is 339 g/mol. The van der Waals surface area contributed by atoms with E-state index in [0.29, 0.717) is 11.4 Å². The molecule has 4 nitrogen and oxygen atoms in total. The first kappa shape index (κ1) is 16.3. The van der Waals surface area contributed by atoms with Crippen LogP contribution in [0, 0.1) is 0 Å². The molecule has 3 rings (SSSR count). The molecule has 2 aromatic carbocycles. The van der Waals surface area contributed by atoms with Crippen LogP contribution in [0.4, 0.5) is 0 Å². The molecular weight excluding hydrogens is 322 g/mol. The largest absolute Gasteiger partial charge is 0.361 e. The minimum absolute atomic E-state index is 0.0897. The third-order valence-corrected chi connectivity index (χ3v) is 4.01. The van der Waals surface area contributed by atoms with Crippen molar-refractivity contribution in [3.05, 3.63) is 70.9 Å². The van der Waals surface area contributed by atoms with Crippen LogP contribution in [0.25, 0.3) is 10.9 Å². The molecule has 0 aliphatic rings. The first-order valence-corrected chi connectivity index (χ1v) is 8.22. The molecule has 0 aliphatic heterocycles. The summed E-state index contributed by atoms with van der Waals surface area (Å²) in [5.41, 5.74) is 5.76. The highest BCUT2D eigenvalue weighted by Gasteiger charge is 2.04. The Hall–Kier alpha value is -2.59. The van der Waals surface area contributed by atoms with Gasteiger partial charge in [-0.3, -0.25) is 4.79 Å². The number of hydrazone groups is 1. The lowest BCUT2D eigenvalue weighted by molar-refractivity contribution is -0.121. The summed E-state index contributed by atoms with van der Waals surface area (Å²) >= 11 is 5.89. The van der Waals surface area contributed by atoms with Crippen LogP contribution in [0.2, 0.25) is 5.02 Å². The van der Waals surface area contributed by atoms with Crippen molar-refractivity contribution in [1.29, 1.82) is 0 Å². The molecule has 0 saturated heterocycles. The number of aromatic amines is 1. The predicted molar refractivity (Wildman–Crippen MR) is 98.4 cm³/mol. The van der Waals surface area contributed by atoms with Gasteiger partial charge in [-0.15, -0.1) is 0 Å². The molecule has 24 heavy (non-hydrogen) atoms. The van der Waals surface area contributed by atoms with E-state index < -0.39 is 0 Å².